The van der Waals surface area contributed by atoms with Crippen molar-refractivity contribution in [2.24, 2.45) is 0 Å². The number of anilines is 2. The molecule has 0 radical (unpaired) electrons. The number of ether oxygens (including phenoxy) is 1. The Morgan fingerprint density at radius 3 is 2.47 bits per heavy atom. The minimum atomic E-state index is 0.200. The third-order valence-electron chi connectivity index (χ3n) is 2.79. The van der Waals surface area contributed by atoms with E-state index in [4.69, 9.17) is 10.5 Å². The summed E-state index contributed by atoms with van der Waals surface area (Å²) in [4.78, 5) is 6.18. The zero-order valence-electron chi connectivity index (χ0n) is 11.5. The number of aryl methyl sites for hydroxylation is 2. The maximum absolute atomic E-state index is 5.89. The van der Waals surface area contributed by atoms with Gasteiger partial charge in [-0.1, -0.05) is 5.10 Å². The number of rotatable bonds is 3. The summed E-state index contributed by atoms with van der Waals surface area (Å²) in [7, 11) is 3.90. The van der Waals surface area contributed by atoms with Crippen molar-refractivity contribution in [1.82, 2.24) is 15.2 Å². The molecule has 6 nitrogen and oxygen atoms in total. The quantitative estimate of drug-likeness (QED) is 0.849. The highest BCUT2D eigenvalue weighted by atomic mass is 16.5. The molecule has 1 aromatic carbocycles. The Morgan fingerprint density at radius 2 is 1.84 bits per heavy atom. The van der Waals surface area contributed by atoms with Crippen molar-refractivity contribution < 1.29 is 4.74 Å². The minimum Gasteiger partial charge on any atom is -0.421 e. The van der Waals surface area contributed by atoms with Gasteiger partial charge in [-0.2, -0.15) is 4.98 Å². The van der Waals surface area contributed by atoms with E-state index in [1.54, 1.807) is 6.07 Å². The van der Waals surface area contributed by atoms with Gasteiger partial charge in [0, 0.05) is 25.8 Å². The number of aromatic nitrogens is 3. The van der Waals surface area contributed by atoms with Crippen LogP contribution >= 0.6 is 0 Å². The number of hydrogen-bond acceptors (Lipinski definition) is 6. The lowest BCUT2D eigenvalue weighted by Crippen LogP contribution is -2.09. The third-order valence-corrected chi connectivity index (χ3v) is 2.79. The average molecular weight is 259 g/mol. The molecular formula is C13H17N5O. The molecule has 0 amide bonds. The second-order valence-electron chi connectivity index (χ2n) is 4.48. The predicted molar refractivity (Wildman–Crippen MR) is 74.6 cm³/mol. The van der Waals surface area contributed by atoms with Crippen molar-refractivity contribution >= 4 is 11.4 Å². The zero-order valence-corrected chi connectivity index (χ0v) is 11.5. The van der Waals surface area contributed by atoms with Gasteiger partial charge in [0.25, 0.3) is 0 Å². The molecule has 1 aromatic heterocycles. The maximum Gasteiger partial charge on any atom is 0.341 e. The third kappa shape index (κ3) is 2.90. The van der Waals surface area contributed by atoms with Gasteiger partial charge in [-0.3, -0.25) is 0 Å². The fourth-order valence-electron chi connectivity index (χ4n) is 1.47. The summed E-state index contributed by atoms with van der Waals surface area (Å²) < 4.78 is 5.60. The molecule has 0 saturated carbocycles. The number of nitrogen functional groups attached to an aromatic ring is 1. The Kier molecular flexibility index (Phi) is 3.50. The summed E-state index contributed by atoms with van der Waals surface area (Å²) in [5.41, 5.74) is 8.97. The molecule has 6 heteroatoms. The van der Waals surface area contributed by atoms with E-state index in [2.05, 4.69) is 15.2 Å². The van der Waals surface area contributed by atoms with Gasteiger partial charge in [-0.25, -0.2) is 0 Å². The van der Waals surface area contributed by atoms with Crippen LogP contribution < -0.4 is 15.4 Å². The largest absolute Gasteiger partial charge is 0.421 e. The van der Waals surface area contributed by atoms with E-state index in [0.717, 1.165) is 17.1 Å². The van der Waals surface area contributed by atoms with Crippen LogP contribution in [0.25, 0.3) is 0 Å². The highest BCUT2D eigenvalue weighted by Gasteiger charge is 2.08. The van der Waals surface area contributed by atoms with E-state index in [1.807, 2.05) is 45.0 Å². The monoisotopic (exact) mass is 259 g/mol. The van der Waals surface area contributed by atoms with Gasteiger partial charge in [-0.05, 0) is 26.0 Å². The average Bonchev–Trinajstić information content (AvgIpc) is 2.36. The summed E-state index contributed by atoms with van der Waals surface area (Å²) in [5.74, 6) is 0.524. The van der Waals surface area contributed by atoms with Crippen molar-refractivity contribution in [2.45, 2.75) is 13.8 Å². The Balaban J connectivity index is 2.31. The van der Waals surface area contributed by atoms with Crippen molar-refractivity contribution in [3.8, 4) is 11.8 Å². The van der Waals surface area contributed by atoms with E-state index in [1.165, 1.54) is 0 Å². The maximum atomic E-state index is 5.89. The first-order valence-corrected chi connectivity index (χ1v) is 5.90. The first-order valence-electron chi connectivity index (χ1n) is 5.90. The normalized spacial score (nSPS) is 10.3. The van der Waals surface area contributed by atoms with Crippen LogP contribution in [-0.2, 0) is 0 Å². The molecule has 0 atom stereocenters. The lowest BCUT2D eigenvalue weighted by Gasteiger charge is -2.15. The molecule has 0 saturated heterocycles. The minimum absolute atomic E-state index is 0.200. The van der Waals surface area contributed by atoms with Gasteiger partial charge in [0.2, 0.25) is 0 Å². The van der Waals surface area contributed by atoms with Gasteiger partial charge in [0.15, 0.2) is 5.75 Å². The van der Waals surface area contributed by atoms with Gasteiger partial charge in [0.1, 0.15) is 0 Å². The van der Waals surface area contributed by atoms with Gasteiger partial charge < -0.3 is 15.4 Å². The Hall–Kier alpha value is -2.37. The Morgan fingerprint density at radius 1 is 1.11 bits per heavy atom. The molecular weight excluding hydrogens is 242 g/mol. The van der Waals surface area contributed by atoms with Crippen LogP contribution in [0.1, 0.15) is 11.4 Å². The number of nitrogens with two attached hydrogens (primary N) is 1. The summed E-state index contributed by atoms with van der Waals surface area (Å²) in [6, 6.07) is 5.75. The second kappa shape index (κ2) is 5.09. The molecule has 1 heterocycles. The van der Waals surface area contributed by atoms with Crippen LogP contribution in [0.4, 0.5) is 11.4 Å². The summed E-state index contributed by atoms with van der Waals surface area (Å²) in [6.45, 7) is 3.70. The van der Waals surface area contributed by atoms with Crippen molar-refractivity contribution in [1.29, 1.82) is 0 Å². The fraction of sp³-hybridized carbons (Fsp3) is 0.308. The second-order valence-corrected chi connectivity index (χ2v) is 4.48. The molecule has 0 spiro atoms. The van der Waals surface area contributed by atoms with Gasteiger partial charge in [-0.15, -0.1) is 5.10 Å². The van der Waals surface area contributed by atoms with E-state index >= 15 is 0 Å². The number of hydrogen-bond donors (Lipinski definition) is 1. The van der Waals surface area contributed by atoms with Crippen LogP contribution in [-0.4, -0.2) is 29.3 Å². The highest BCUT2D eigenvalue weighted by molar-refractivity contribution is 5.62. The molecule has 2 N–H and O–H groups in total. The van der Waals surface area contributed by atoms with E-state index in [0.29, 0.717) is 11.4 Å². The number of nitrogens with zero attached hydrogens (tertiary/aromatic N) is 4. The molecule has 19 heavy (non-hydrogen) atoms. The van der Waals surface area contributed by atoms with E-state index in [9.17, 15) is 0 Å². The molecule has 0 aliphatic carbocycles. The van der Waals surface area contributed by atoms with Gasteiger partial charge in [0.05, 0.1) is 17.1 Å². The standard InChI is InChI=1S/C13H17N5O/c1-8-9(2)16-17-13(15-8)19-12-7-10(18(3)4)5-6-11(12)14/h5-7H,14H2,1-4H3. The molecule has 0 bridgehead atoms. The fourth-order valence-corrected chi connectivity index (χ4v) is 1.47. The Bertz CT molecular complexity index is 598. The van der Waals surface area contributed by atoms with Crippen molar-refractivity contribution in [2.75, 3.05) is 24.7 Å². The predicted octanol–water partition coefficient (Wildman–Crippen LogP) is 1.93. The summed E-state index contributed by atoms with van der Waals surface area (Å²) in [6.07, 6.45) is 0. The van der Waals surface area contributed by atoms with Crippen LogP contribution in [0.5, 0.6) is 11.8 Å². The molecule has 100 valence electrons. The SMILES string of the molecule is Cc1nnc(Oc2cc(N(C)C)ccc2N)nc1C. The van der Waals surface area contributed by atoms with Crippen LogP contribution in [0, 0.1) is 13.8 Å². The lowest BCUT2D eigenvalue weighted by atomic mass is 10.2. The zero-order chi connectivity index (χ0) is 14.0. The number of benzene rings is 1. The molecule has 2 aromatic rings. The summed E-state index contributed by atoms with van der Waals surface area (Å²) >= 11 is 0. The van der Waals surface area contributed by atoms with E-state index < -0.39 is 0 Å². The molecule has 0 aliphatic rings. The lowest BCUT2D eigenvalue weighted by molar-refractivity contribution is 0.432. The molecule has 0 unspecified atom stereocenters. The topological polar surface area (TPSA) is 77.2 Å². The molecule has 2 rings (SSSR count). The van der Waals surface area contributed by atoms with Crippen LogP contribution in [0.3, 0.4) is 0 Å². The van der Waals surface area contributed by atoms with Crippen molar-refractivity contribution in [3.63, 3.8) is 0 Å². The molecule has 0 fully saturated rings. The first kappa shape index (κ1) is 13.1. The van der Waals surface area contributed by atoms with Gasteiger partial charge >= 0.3 is 6.01 Å². The Labute approximate surface area is 112 Å². The molecule has 0 aliphatic heterocycles. The first-order chi connectivity index (χ1) is 8.97. The van der Waals surface area contributed by atoms with Crippen LogP contribution in [0.15, 0.2) is 18.2 Å². The summed E-state index contributed by atoms with van der Waals surface area (Å²) in [5, 5.41) is 7.87. The van der Waals surface area contributed by atoms with Crippen LogP contribution in [0.2, 0.25) is 0 Å². The highest BCUT2D eigenvalue weighted by Crippen LogP contribution is 2.29. The van der Waals surface area contributed by atoms with Crippen molar-refractivity contribution in [3.05, 3.63) is 29.6 Å². The van der Waals surface area contributed by atoms with E-state index in [-0.39, 0.29) is 6.01 Å². The smallest absolute Gasteiger partial charge is 0.341 e.